The highest BCUT2D eigenvalue weighted by molar-refractivity contribution is 6.08. The summed E-state index contributed by atoms with van der Waals surface area (Å²) in [7, 11) is 0. The van der Waals surface area contributed by atoms with Crippen LogP contribution in [0.5, 0.6) is 0 Å². The average Bonchev–Trinajstić information content (AvgIpc) is 3.01. The molecule has 1 fully saturated rings. The molecule has 2 atom stereocenters. The van der Waals surface area contributed by atoms with E-state index in [-0.39, 0.29) is 24.9 Å². The summed E-state index contributed by atoms with van der Waals surface area (Å²) in [6.45, 7) is 4.02. The van der Waals surface area contributed by atoms with Crippen molar-refractivity contribution in [2.75, 3.05) is 28.7 Å². The largest absolute Gasteiger partial charge is 0.384 e. The first kappa shape index (κ1) is 22.4. The number of anilines is 3. The van der Waals surface area contributed by atoms with Gasteiger partial charge < -0.3 is 31.1 Å². The van der Waals surface area contributed by atoms with Gasteiger partial charge in [0.2, 0.25) is 5.91 Å². The lowest BCUT2D eigenvalue weighted by Gasteiger charge is -2.34. The van der Waals surface area contributed by atoms with E-state index in [4.69, 9.17) is 15.9 Å². The molecule has 2 aliphatic heterocycles. The van der Waals surface area contributed by atoms with E-state index < -0.39 is 29.4 Å². The second kappa shape index (κ2) is 8.30. The number of amides is 3. The first-order chi connectivity index (χ1) is 15.6. The minimum Gasteiger partial charge on any atom is -0.384 e. The summed E-state index contributed by atoms with van der Waals surface area (Å²) in [5.41, 5.74) is 7.62. The van der Waals surface area contributed by atoms with Gasteiger partial charge in [-0.2, -0.15) is 0 Å². The third-order valence-electron chi connectivity index (χ3n) is 5.94. The van der Waals surface area contributed by atoms with Crippen LogP contribution in [0.3, 0.4) is 0 Å². The number of carbonyl (C=O) groups is 3. The van der Waals surface area contributed by atoms with Crippen molar-refractivity contribution in [2.45, 2.75) is 31.5 Å². The lowest BCUT2D eigenvalue weighted by atomic mass is 9.86. The highest BCUT2D eigenvalue weighted by Gasteiger charge is 2.41. The van der Waals surface area contributed by atoms with Crippen molar-refractivity contribution in [3.05, 3.63) is 53.6 Å². The number of ether oxygens (including phenoxy) is 1. The molecule has 172 valence electrons. The van der Waals surface area contributed by atoms with Gasteiger partial charge in [-0.15, -0.1) is 0 Å². The minimum atomic E-state index is -1.74. The molecule has 0 bridgehead atoms. The van der Waals surface area contributed by atoms with Gasteiger partial charge in [0.15, 0.2) is 12.2 Å². The second-order valence-corrected chi connectivity index (χ2v) is 8.52. The van der Waals surface area contributed by atoms with E-state index in [0.717, 1.165) is 5.56 Å². The Kier molecular flexibility index (Phi) is 5.64. The fraction of sp³-hybridized carbons (Fsp3) is 0.304. The van der Waals surface area contributed by atoms with E-state index in [1.807, 2.05) is 13.8 Å². The summed E-state index contributed by atoms with van der Waals surface area (Å²) in [6, 6.07) is 11.4. The Hall–Kier alpha value is -3.76. The summed E-state index contributed by atoms with van der Waals surface area (Å²) in [5.74, 6) is -1.58. The van der Waals surface area contributed by atoms with Gasteiger partial charge in [0.25, 0.3) is 11.8 Å². The Bertz CT molecular complexity index is 1140. The zero-order valence-electron chi connectivity index (χ0n) is 18.2. The Morgan fingerprint density at radius 3 is 2.64 bits per heavy atom. The van der Waals surface area contributed by atoms with E-state index >= 15 is 0 Å². The normalized spacial score (nSPS) is 20.1. The van der Waals surface area contributed by atoms with Gasteiger partial charge in [-0.25, -0.2) is 0 Å². The number of hydrogen-bond donors (Lipinski definition) is 5. The third-order valence-corrected chi connectivity index (χ3v) is 5.94. The van der Waals surface area contributed by atoms with Crippen molar-refractivity contribution in [3.63, 3.8) is 0 Å². The number of nitrogens with zero attached hydrogens (tertiary/aromatic N) is 1. The number of carbonyl (C=O) groups excluding carboxylic acids is 3. The molecule has 2 aromatic carbocycles. The number of benzene rings is 2. The van der Waals surface area contributed by atoms with Gasteiger partial charge in [0.1, 0.15) is 5.84 Å². The molecule has 3 amide bonds. The maximum Gasteiger partial charge on any atom is 0.259 e. The van der Waals surface area contributed by atoms with Crippen LogP contribution >= 0.6 is 0 Å². The van der Waals surface area contributed by atoms with E-state index in [1.165, 1.54) is 17.0 Å². The predicted octanol–water partition coefficient (Wildman–Crippen LogP) is 0.932. The van der Waals surface area contributed by atoms with Gasteiger partial charge >= 0.3 is 0 Å². The average molecular weight is 451 g/mol. The molecular weight excluding hydrogens is 426 g/mol. The zero-order chi connectivity index (χ0) is 23.9. The Labute approximate surface area is 190 Å². The van der Waals surface area contributed by atoms with E-state index in [9.17, 15) is 19.5 Å². The maximum absolute atomic E-state index is 13.1. The molecule has 6 N–H and O–H groups in total. The molecule has 10 nitrogen and oxygen atoms in total. The molecule has 0 aromatic heterocycles. The molecule has 4 rings (SSSR count). The van der Waals surface area contributed by atoms with E-state index in [2.05, 4.69) is 10.6 Å². The monoisotopic (exact) mass is 451 g/mol. The first-order valence-corrected chi connectivity index (χ1v) is 10.4. The number of fused-ring (bicyclic) bond motifs is 1. The van der Waals surface area contributed by atoms with Crippen LogP contribution in [0.25, 0.3) is 0 Å². The van der Waals surface area contributed by atoms with Crippen LogP contribution in [0.2, 0.25) is 0 Å². The van der Waals surface area contributed by atoms with Crippen molar-refractivity contribution in [1.29, 1.82) is 5.41 Å². The lowest BCUT2D eigenvalue weighted by molar-refractivity contribution is -0.150. The number of morpholine rings is 1. The molecule has 1 saturated heterocycles. The second-order valence-electron chi connectivity index (χ2n) is 8.52. The summed E-state index contributed by atoms with van der Waals surface area (Å²) < 4.78 is 5.44. The van der Waals surface area contributed by atoms with Crippen LogP contribution < -0.4 is 21.3 Å². The molecule has 0 aliphatic carbocycles. The summed E-state index contributed by atoms with van der Waals surface area (Å²) in [4.78, 5) is 39.3. The molecule has 33 heavy (non-hydrogen) atoms. The van der Waals surface area contributed by atoms with Crippen LogP contribution in [0.4, 0.5) is 17.1 Å². The van der Waals surface area contributed by atoms with Crippen molar-refractivity contribution in [2.24, 2.45) is 5.73 Å². The van der Waals surface area contributed by atoms with Gasteiger partial charge in [-0.1, -0.05) is 6.07 Å². The van der Waals surface area contributed by atoms with Crippen molar-refractivity contribution in [3.8, 4) is 0 Å². The van der Waals surface area contributed by atoms with Crippen molar-refractivity contribution < 1.29 is 24.2 Å². The predicted molar refractivity (Wildman–Crippen MR) is 122 cm³/mol. The maximum atomic E-state index is 13.1. The Morgan fingerprint density at radius 1 is 1.27 bits per heavy atom. The standard InChI is InChI=1S/C23H25N5O5/c1-23(2)15-8-7-14(11-16(15)27-22(23)32)28-9-10-33-18(21(28)31)17(29)20(30)26-13-5-3-12(4-6-13)19(24)25/h3-8,11,17-18,29H,9-10H2,1-2H3,(H3,24,25)(H,26,30)(H,27,32)/t17-,18-/m1/s1. The van der Waals surface area contributed by atoms with Crippen LogP contribution in [0, 0.1) is 5.41 Å². The quantitative estimate of drug-likeness (QED) is 0.336. The van der Waals surface area contributed by atoms with E-state index in [0.29, 0.717) is 22.6 Å². The molecule has 0 unspecified atom stereocenters. The van der Waals surface area contributed by atoms with Crippen LogP contribution in [-0.4, -0.2) is 54.0 Å². The van der Waals surface area contributed by atoms with Crippen molar-refractivity contribution in [1.82, 2.24) is 0 Å². The highest BCUT2D eigenvalue weighted by Crippen LogP contribution is 2.39. The molecular formula is C23H25N5O5. The number of nitrogen functional groups attached to an aromatic ring is 1. The number of aliphatic hydroxyl groups is 1. The zero-order valence-corrected chi connectivity index (χ0v) is 18.2. The van der Waals surface area contributed by atoms with Crippen molar-refractivity contribution >= 4 is 40.6 Å². The van der Waals surface area contributed by atoms with Gasteiger partial charge in [-0.3, -0.25) is 19.8 Å². The number of hydrogen-bond acceptors (Lipinski definition) is 6. The van der Waals surface area contributed by atoms with Gasteiger partial charge in [-0.05, 0) is 55.8 Å². The number of aliphatic hydroxyl groups excluding tert-OH is 1. The fourth-order valence-corrected chi connectivity index (χ4v) is 3.92. The Balaban J connectivity index is 1.48. The number of amidine groups is 1. The number of nitrogens with one attached hydrogen (secondary N) is 3. The Morgan fingerprint density at radius 2 is 1.97 bits per heavy atom. The molecule has 10 heteroatoms. The van der Waals surface area contributed by atoms with E-state index in [1.54, 1.807) is 30.3 Å². The highest BCUT2D eigenvalue weighted by atomic mass is 16.5. The summed E-state index contributed by atoms with van der Waals surface area (Å²) >= 11 is 0. The fourth-order valence-electron chi connectivity index (χ4n) is 3.92. The molecule has 2 heterocycles. The lowest BCUT2D eigenvalue weighted by Crippen LogP contribution is -2.55. The number of nitrogens with two attached hydrogens (primary N) is 1. The summed E-state index contributed by atoms with van der Waals surface area (Å²) in [5, 5.41) is 23.3. The SMILES string of the molecule is CC1(C)C(=O)Nc2cc(N3CCO[C@H]([C@@H](O)C(=O)Nc4ccc(C(=N)N)cc4)C3=O)ccc21. The minimum absolute atomic E-state index is 0.108. The first-order valence-electron chi connectivity index (χ1n) is 10.4. The molecule has 2 aromatic rings. The van der Waals surface area contributed by atoms with Crippen LogP contribution in [0.15, 0.2) is 42.5 Å². The third kappa shape index (κ3) is 4.06. The van der Waals surface area contributed by atoms with Gasteiger partial charge in [0, 0.05) is 29.2 Å². The van der Waals surface area contributed by atoms with Crippen LogP contribution in [0.1, 0.15) is 25.0 Å². The van der Waals surface area contributed by atoms with Crippen LogP contribution in [-0.2, 0) is 24.5 Å². The summed E-state index contributed by atoms with van der Waals surface area (Å²) in [6.07, 6.45) is -3.12. The topological polar surface area (TPSA) is 158 Å². The smallest absolute Gasteiger partial charge is 0.259 e. The van der Waals surface area contributed by atoms with Gasteiger partial charge in [0.05, 0.1) is 12.0 Å². The molecule has 0 spiro atoms. The molecule has 0 saturated carbocycles. The molecule has 2 aliphatic rings. The molecule has 0 radical (unpaired) electrons. The number of rotatable bonds is 5.